The highest BCUT2D eigenvalue weighted by Crippen LogP contribution is 2.32. The second kappa shape index (κ2) is 5.72. The van der Waals surface area contributed by atoms with Crippen LogP contribution >= 0.6 is 27.5 Å². The van der Waals surface area contributed by atoms with Gasteiger partial charge in [0.15, 0.2) is 0 Å². The fourth-order valence-corrected chi connectivity index (χ4v) is 2.36. The summed E-state index contributed by atoms with van der Waals surface area (Å²) in [5, 5.41) is 0.292. The number of esters is 1. The summed E-state index contributed by atoms with van der Waals surface area (Å²) in [5.41, 5.74) is 1.11. The van der Waals surface area contributed by atoms with Crippen molar-refractivity contribution in [3.63, 3.8) is 0 Å². The van der Waals surface area contributed by atoms with E-state index >= 15 is 0 Å². The highest BCUT2D eigenvalue weighted by molar-refractivity contribution is 9.10. The Labute approximate surface area is 123 Å². The highest BCUT2D eigenvalue weighted by Gasteiger charge is 2.16. The van der Waals surface area contributed by atoms with E-state index < -0.39 is 11.8 Å². The van der Waals surface area contributed by atoms with E-state index in [4.69, 9.17) is 11.6 Å². The van der Waals surface area contributed by atoms with Crippen molar-refractivity contribution in [2.45, 2.75) is 0 Å². The minimum Gasteiger partial charge on any atom is -0.465 e. The van der Waals surface area contributed by atoms with Crippen molar-refractivity contribution >= 4 is 33.5 Å². The predicted octanol–water partition coefficient (Wildman–Crippen LogP) is 4.70. The molecule has 2 nitrogen and oxygen atoms in total. The number of hydrogen-bond acceptors (Lipinski definition) is 2. The topological polar surface area (TPSA) is 26.3 Å². The smallest absolute Gasteiger partial charge is 0.340 e. The standard InChI is InChI=1S/C14H9BrClFO2/c1-19-14(18)11-6-12(16)10(7-13(11)17)8-3-2-4-9(15)5-8/h2-7H,1H3. The molecule has 0 aliphatic heterocycles. The van der Waals surface area contributed by atoms with E-state index in [0.717, 1.165) is 10.0 Å². The van der Waals surface area contributed by atoms with E-state index in [1.54, 1.807) is 0 Å². The van der Waals surface area contributed by atoms with Crippen LogP contribution in [0.5, 0.6) is 0 Å². The predicted molar refractivity (Wildman–Crippen MR) is 75.9 cm³/mol. The minimum atomic E-state index is -0.750. The SMILES string of the molecule is COC(=O)c1cc(Cl)c(-c2cccc(Br)c2)cc1F. The second-order valence-electron chi connectivity index (χ2n) is 3.81. The molecule has 2 rings (SSSR count). The lowest BCUT2D eigenvalue weighted by Gasteiger charge is -2.08. The Hall–Kier alpha value is -1.39. The van der Waals surface area contributed by atoms with E-state index in [1.165, 1.54) is 19.2 Å². The van der Waals surface area contributed by atoms with Crippen molar-refractivity contribution in [3.05, 3.63) is 57.3 Å². The van der Waals surface area contributed by atoms with Crippen LogP contribution in [-0.4, -0.2) is 13.1 Å². The summed E-state index contributed by atoms with van der Waals surface area (Å²) >= 11 is 9.44. The molecule has 0 aromatic heterocycles. The van der Waals surface area contributed by atoms with Crippen LogP contribution in [0.3, 0.4) is 0 Å². The Morgan fingerprint density at radius 2 is 2.05 bits per heavy atom. The summed E-state index contributed by atoms with van der Waals surface area (Å²) in [5.74, 6) is -1.41. The maximum Gasteiger partial charge on any atom is 0.340 e. The zero-order chi connectivity index (χ0) is 14.0. The van der Waals surface area contributed by atoms with Gasteiger partial charge in [0.1, 0.15) is 5.82 Å². The molecule has 0 saturated carbocycles. The van der Waals surface area contributed by atoms with Crippen LogP contribution in [0.15, 0.2) is 40.9 Å². The fraction of sp³-hybridized carbons (Fsp3) is 0.0714. The van der Waals surface area contributed by atoms with Gasteiger partial charge in [-0.1, -0.05) is 39.7 Å². The van der Waals surface area contributed by atoms with Crippen LogP contribution in [0, 0.1) is 5.82 Å². The molecule has 0 unspecified atom stereocenters. The Morgan fingerprint density at radius 1 is 1.32 bits per heavy atom. The summed E-state index contributed by atoms with van der Waals surface area (Å²) < 4.78 is 19.2. The van der Waals surface area contributed by atoms with Gasteiger partial charge < -0.3 is 4.74 Å². The minimum absolute atomic E-state index is 0.175. The first-order valence-electron chi connectivity index (χ1n) is 5.36. The van der Waals surface area contributed by atoms with Gasteiger partial charge in [-0.15, -0.1) is 0 Å². The molecule has 0 aliphatic rings. The Balaban J connectivity index is 2.55. The van der Waals surface area contributed by atoms with Crippen LogP contribution < -0.4 is 0 Å². The molecule has 0 radical (unpaired) electrons. The van der Waals surface area contributed by atoms with E-state index in [9.17, 15) is 9.18 Å². The van der Waals surface area contributed by atoms with Crippen LogP contribution in [0.4, 0.5) is 4.39 Å². The quantitative estimate of drug-likeness (QED) is 0.739. The van der Waals surface area contributed by atoms with E-state index in [0.29, 0.717) is 10.6 Å². The first kappa shape index (κ1) is 14.0. The molecule has 2 aromatic rings. The third kappa shape index (κ3) is 2.96. The first-order chi connectivity index (χ1) is 9.02. The zero-order valence-electron chi connectivity index (χ0n) is 9.91. The zero-order valence-corrected chi connectivity index (χ0v) is 12.3. The fourth-order valence-electron chi connectivity index (χ4n) is 1.69. The monoisotopic (exact) mass is 342 g/mol. The molecular formula is C14H9BrClFO2. The van der Waals surface area contributed by atoms with Gasteiger partial charge in [-0.05, 0) is 29.8 Å². The third-order valence-corrected chi connectivity index (χ3v) is 3.40. The third-order valence-electron chi connectivity index (χ3n) is 2.60. The van der Waals surface area contributed by atoms with Gasteiger partial charge >= 0.3 is 5.97 Å². The molecule has 0 amide bonds. The molecule has 2 aromatic carbocycles. The summed E-state index contributed by atoms with van der Waals surface area (Å²) in [6.45, 7) is 0. The van der Waals surface area contributed by atoms with Crippen molar-refractivity contribution in [1.29, 1.82) is 0 Å². The van der Waals surface area contributed by atoms with Gasteiger partial charge in [-0.25, -0.2) is 9.18 Å². The lowest BCUT2D eigenvalue weighted by molar-refractivity contribution is 0.0595. The highest BCUT2D eigenvalue weighted by atomic mass is 79.9. The summed E-state index contributed by atoms with van der Waals surface area (Å²) in [6.07, 6.45) is 0. The van der Waals surface area contributed by atoms with E-state index in [2.05, 4.69) is 20.7 Å². The van der Waals surface area contributed by atoms with Gasteiger partial charge in [0.2, 0.25) is 0 Å². The summed E-state index contributed by atoms with van der Waals surface area (Å²) in [4.78, 5) is 11.4. The van der Waals surface area contributed by atoms with E-state index in [-0.39, 0.29) is 5.56 Å². The van der Waals surface area contributed by atoms with Gasteiger partial charge in [0.05, 0.1) is 12.7 Å². The first-order valence-corrected chi connectivity index (χ1v) is 6.53. The maximum absolute atomic E-state index is 13.9. The molecule has 98 valence electrons. The van der Waals surface area contributed by atoms with Crippen LogP contribution in [0.25, 0.3) is 11.1 Å². The van der Waals surface area contributed by atoms with Crippen LogP contribution in [0.1, 0.15) is 10.4 Å². The van der Waals surface area contributed by atoms with Gasteiger partial charge in [0.25, 0.3) is 0 Å². The Bertz CT molecular complexity index is 643. The molecular weight excluding hydrogens is 335 g/mol. The molecule has 0 heterocycles. The summed E-state index contributed by atoms with van der Waals surface area (Å²) in [6, 6.07) is 9.81. The molecule has 0 fully saturated rings. The van der Waals surface area contributed by atoms with Crippen LogP contribution in [-0.2, 0) is 4.74 Å². The number of rotatable bonds is 2. The molecule has 0 saturated heterocycles. The Kier molecular flexibility index (Phi) is 4.22. The van der Waals surface area contributed by atoms with Gasteiger partial charge in [0, 0.05) is 15.1 Å². The molecule has 5 heteroatoms. The van der Waals surface area contributed by atoms with Crippen molar-refractivity contribution in [2.24, 2.45) is 0 Å². The number of hydrogen-bond donors (Lipinski definition) is 0. The average Bonchev–Trinajstić information content (AvgIpc) is 2.40. The summed E-state index contributed by atoms with van der Waals surface area (Å²) in [7, 11) is 1.19. The molecule has 0 aliphatic carbocycles. The van der Waals surface area contributed by atoms with Crippen molar-refractivity contribution < 1.29 is 13.9 Å². The number of methoxy groups -OCH3 is 1. The largest absolute Gasteiger partial charge is 0.465 e. The lowest BCUT2D eigenvalue weighted by Crippen LogP contribution is -2.04. The average molecular weight is 344 g/mol. The van der Waals surface area contributed by atoms with Crippen molar-refractivity contribution in [1.82, 2.24) is 0 Å². The number of carbonyl (C=O) groups excluding carboxylic acids is 1. The molecule has 0 bridgehead atoms. The van der Waals surface area contributed by atoms with Gasteiger partial charge in [-0.3, -0.25) is 0 Å². The van der Waals surface area contributed by atoms with Gasteiger partial charge in [-0.2, -0.15) is 0 Å². The molecule has 0 N–H and O–H groups in total. The normalized spacial score (nSPS) is 10.3. The molecule has 19 heavy (non-hydrogen) atoms. The van der Waals surface area contributed by atoms with Crippen LogP contribution in [0.2, 0.25) is 5.02 Å². The van der Waals surface area contributed by atoms with Crippen molar-refractivity contribution in [3.8, 4) is 11.1 Å². The molecule has 0 atom stereocenters. The lowest BCUT2D eigenvalue weighted by atomic mass is 10.0. The Morgan fingerprint density at radius 3 is 2.68 bits per heavy atom. The number of benzene rings is 2. The number of carbonyl (C=O) groups is 1. The number of halogens is 3. The molecule has 0 spiro atoms. The maximum atomic E-state index is 13.9. The van der Waals surface area contributed by atoms with E-state index in [1.807, 2.05) is 24.3 Å². The van der Waals surface area contributed by atoms with Crippen molar-refractivity contribution in [2.75, 3.05) is 7.11 Å². The second-order valence-corrected chi connectivity index (χ2v) is 5.14. The number of ether oxygens (including phenoxy) is 1.